The summed E-state index contributed by atoms with van der Waals surface area (Å²) in [7, 11) is 1.60. The summed E-state index contributed by atoms with van der Waals surface area (Å²) in [6, 6.07) is 6.06. The highest BCUT2D eigenvalue weighted by Gasteiger charge is 2.51. The number of hydrogen-bond acceptors (Lipinski definition) is 5. The predicted molar refractivity (Wildman–Crippen MR) is 151 cm³/mol. The summed E-state index contributed by atoms with van der Waals surface area (Å²) in [5, 5.41) is 16.2. The number of carbonyl (C=O) groups excluding carboxylic acids is 2. The van der Waals surface area contributed by atoms with Crippen molar-refractivity contribution in [2.75, 3.05) is 20.2 Å². The Labute approximate surface area is 236 Å². The van der Waals surface area contributed by atoms with Crippen LogP contribution in [0.2, 0.25) is 0 Å². The number of aromatic amines is 1. The number of amides is 3. The zero-order valence-electron chi connectivity index (χ0n) is 23.7. The smallest absolute Gasteiger partial charge is 0.315 e. The number of piperidine rings is 1. The van der Waals surface area contributed by atoms with Gasteiger partial charge < -0.3 is 30.4 Å². The average Bonchev–Trinajstić information content (AvgIpc) is 3.50. The van der Waals surface area contributed by atoms with Gasteiger partial charge in [-0.1, -0.05) is 38.3 Å². The molecule has 0 spiro atoms. The van der Waals surface area contributed by atoms with Crippen LogP contribution in [0, 0.1) is 11.3 Å². The maximum Gasteiger partial charge on any atom is 0.315 e. The number of ether oxygens (including phenoxy) is 1. The standard InChI is InChI=1S/C30H43N5O5/c1-3-24-18-30(28(37)38,22-7-5-4-6-8-22)14-16-35(24)27(36)26(17-21-9-11-25(40-2)12-10-21)34-29(39)32-15-13-23-19-31-20-33-23/h9-12,19-20,22,24,26H,3-8,13-18H2,1-2H3,(H,31,33)(H,37,38)(H2,32,34,39)/t24?,26-,30?/m0/s1. The maximum atomic E-state index is 14.0. The van der Waals surface area contributed by atoms with Gasteiger partial charge in [-0.2, -0.15) is 0 Å². The molecule has 3 amide bonds. The van der Waals surface area contributed by atoms with Gasteiger partial charge in [0.15, 0.2) is 0 Å². The van der Waals surface area contributed by atoms with E-state index in [0.29, 0.717) is 50.9 Å². The van der Waals surface area contributed by atoms with E-state index in [9.17, 15) is 19.5 Å². The van der Waals surface area contributed by atoms with Crippen LogP contribution in [0.3, 0.4) is 0 Å². The van der Waals surface area contributed by atoms with Crippen LogP contribution in [0.5, 0.6) is 5.75 Å². The van der Waals surface area contributed by atoms with Gasteiger partial charge in [0.1, 0.15) is 11.8 Å². The number of aliphatic carboxylic acids is 1. The topological polar surface area (TPSA) is 137 Å². The van der Waals surface area contributed by atoms with E-state index < -0.39 is 23.5 Å². The summed E-state index contributed by atoms with van der Waals surface area (Å²) < 4.78 is 5.26. The van der Waals surface area contributed by atoms with E-state index in [-0.39, 0.29) is 17.9 Å². The minimum atomic E-state index is -0.791. The Kier molecular flexibility index (Phi) is 10.1. The van der Waals surface area contributed by atoms with Gasteiger partial charge in [-0.3, -0.25) is 9.59 Å². The summed E-state index contributed by atoms with van der Waals surface area (Å²) in [5.41, 5.74) is 1.01. The summed E-state index contributed by atoms with van der Waals surface area (Å²) in [6.45, 7) is 2.78. The Morgan fingerprint density at radius 1 is 1.20 bits per heavy atom. The second-order valence-corrected chi connectivity index (χ2v) is 11.2. The number of carbonyl (C=O) groups is 3. The van der Waals surface area contributed by atoms with Crippen LogP contribution in [0.4, 0.5) is 4.79 Å². The number of rotatable bonds is 11. The van der Waals surface area contributed by atoms with Crippen molar-refractivity contribution in [3.63, 3.8) is 0 Å². The van der Waals surface area contributed by atoms with E-state index in [4.69, 9.17) is 4.74 Å². The fraction of sp³-hybridized carbons (Fsp3) is 0.600. The number of nitrogens with one attached hydrogen (secondary N) is 3. The number of likely N-dealkylation sites (tertiary alicyclic amines) is 1. The number of hydrogen-bond donors (Lipinski definition) is 4. The number of carboxylic acid groups (broad SMARTS) is 1. The number of carboxylic acids is 1. The number of benzene rings is 1. The SMILES string of the molecule is CCC1CC(C(=O)O)(C2CCCCC2)CCN1C(=O)[C@H](Cc1ccc(OC)cc1)NC(=O)NCCc1cnc[nH]1. The molecule has 1 aliphatic carbocycles. The molecule has 2 aliphatic rings. The lowest BCUT2D eigenvalue weighted by Crippen LogP contribution is -2.59. The molecule has 1 saturated carbocycles. The van der Waals surface area contributed by atoms with Gasteiger partial charge in [-0.25, -0.2) is 9.78 Å². The van der Waals surface area contributed by atoms with Gasteiger partial charge in [-0.05, 0) is 55.7 Å². The molecular weight excluding hydrogens is 510 g/mol. The Hall–Kier alpha value is -3.56. The number of imidazole rings is 1. The predicted octanol–water partition coefficient (Wildman–Crippen LogP) is 3.92. The Morgan fingerprint density at radius 2 is 1.95 bits per heavy atom. The van der Waals surface area contributed by atoms with Crippen molar-refractivity contribution in [2.24, 2.45) is 11.3 Å². The number of H-pyrrole nitrogens is 1. The van der Waals surface area contributed by atoms with E-state index >= 15 is 0 Å². The third kappa shape index (κ3) is 6.95. The molecule has 4 rings (SSSR count). The summed E-state index contributed by atoms with van der Waals surface area (Å²) in [5.74, 6) is -0.0339. The van der Waals surface area contributed by atoms with Crippen molar-refractivity contribution in [1.82, 2.24) is 25.5 Å². The molecule has 2 unspecified atom stereocenters. The molecule has 1 saturated heterocycles. The average molecular weight is 554 g/mol. The first-order valence-electron chi connectivity index (χ1n) is 14.5. The summed E-state index contributed by atoms with van der Waals surface area (Å²) in [6.07, 6.45) is 11.0. The third-order valence-electron chi connectivity index (χ3n) is 8.84. The van der Waals surface area contributed by atoms with Gasteiger partial charge in [0.25, 0.3) is 0 Å². The summed E-state index contributed by atoms with van der Waals surface area (Å²) in [4.78, 5) is 48.4. The molecule has 3 atom stereocenters. The van der Waals surface area contributed by atoms with Crippen molar-refractivity contribution in [3.05, 3.63) is 48.0 Å². The molecule has 218 valence electrons. The molecular formula is C30H43N5O5. The number of nitrogens with zero attached hydrogens (tertiary/aromatic N) is 2. The van der Waals surface area contributed by atoms with E-state index in [1.54, 1.807) is 19.6 Å². The molecule has 2 aromatic rings. The van der Waals surface area contributed by atoms with Crippen LogP contribution in [-0.2, 0) is 22.4 Å². The lowest BCUT2D eigenvalue weighted by Gasteiger charge is -2.49. The number of methoxy groups -OCH3 is 1. The van der Waals surface area contributed by atoms with Crippen LogP contribution >= 0.6 is 0 Å². The number of urea groups is 1. The molecule has 2 fully saturated rings. The maximum absolute atomic E-state index is 14.0. The highest BCUT2D eigenvalue weighted by Crippen LogP contribution is 2.48. The van der Waals surface area contributed by atoms with Gasteiger partial charge in [-0.15, -0.1) is 0 Å². The summed E-state index contributed by atoms with van der Waals surface area (Å²) >= 11 is 0. The molecule has 4 N–H and O–H groups in total. The fourth-order valence-electron chi connectivity index (χ4n) is 6.52. The molecule has 10 nitrogen and oxygen atoms in total. The molecule has 0 radical (unpaired) electrons. The Morgan fingerprint density at radius 3 is 2.58 bits per heavy atom. The lowest BCUT2D eigenvalue weighted by molar-refractivity contribution is -0.163. The number of aromatic nitrogens is 2. The molecule has 0 bridgehead atoms. The molecule has 1 aromatic heterocycles. The van der Waals surface area contributed by atoms with E-state index in [1.165, 1.54) is 0 Å². The lowest BCUT2D eigenvalue weighted by atomic mass is 9.62. The second-order valence-electron chi connectivity index (χ2n) is 11.2. The first-order chi connectivity index (χ1) is 19.4. The molecule has 1 aliphatic heterocycles. The quantitative estimate of drug-likeness (QED) is 0.333. The van der Waals surface area contributed by atoms with Gasteiger partial charge in [0, 0.05) is 43.9 Å². The largest absolute Gasteiger partial charge is 0.497 e. The van der Waals surface area contributed by atoms with Crippen LogP contribution in [0.15, 0.2) is 36.8 Å². The van der Waals surface area contributed by atoms with Crippen molar-refractivity contribution >= 4 is 17.9 Å². The van der Waals surface area contributed by atoms with Crippen molar-refractivity contribution in [3.8, 4) is 5.75 Å². The van der Waals surface area contributed by atoms with E-state index in [1.807, 2.05) is 36.1 Å². The van der Waals surface area contributed by atoms with Crippen LogP contribution in [-0.4, -0.2) is 70.2 Å². The van der Waals surface area contributed by atoms with E-state index in [0.717, 1.165) is 43.4 Å². The van der Waals surface area contributed by atoms with Crippen molar-refractivity contribution < 1.29 is 24.2 Å². The monoisotopic (exact) mass is 553 g/mol. The van der Waals surface area contributed by atoms with Crippen LogP contribution in [0.25, 0.3) is 0 Å². The molecule has 2 heterocycles. The van der Waals surface area contributed by atoms with Gasteiger partial charge in [0.05, 0.1) is 18.9 Å². The van der Waals surface area contributed by atoms with Crippen molar-refractivity contribution in [2.45, 2.75) is 83.2 Å². The highest BCUT2D eigenvalue weighted by molar-refractivity contribution is 5.88. The third-order valence-corrected chi connectivity index (χ3v) is 8.84. The normalized spacial score (nSPS) is 22.4. The Bertz CT molecular complexity index is 1120. The molecule has 1 aromatic carbocycles. The van der Waals surface area contributed by atoms with E-state index in [2.05, 4.69) is 20.6 Å². The van der Waals surface area contributed by atoms with Gasteiger partial charge >= 0.3 is 12.0 Å². The van der Waals surface area contributed by atoms with Crippen LogP contribution in [0.1, 0.15) is 69.5 Å². The Balaban J connectivity index is 1.48. The first kappa shape index (κ1) is 29.4. The van der Waals surface area contributed by atoms with Crippen LogP contribution < -0.4 is 15.4 Å². The minimum absolute atomic E-state index is 0.152. The fourth-order valence-corrected chi connectivity index (χ4v) is 6.52. The first-order valence-corrected chi connectivity index (χ1v) is 14.5. The second kappa shape index (κ2) is 13.7. The zero-order valence-corrected chi connectivity index (χ0v) is 23.7. The van der Waals surface area contributed by atoms with Crippen molar-refractivity contribution in [1.29, 1.82) is 0 Å². The minimum Gasteiger partial charge on any atom is -0.497 e. The van der Waals surface area contributed by atoms with Gasteiger partial charge in [0.2, 0.25) is 5.91 Å². The highest BCUT2D eigenvalue weighted by atomic mass is 16.5. The molecule has 10 heteroatoms. The zero-order chi connectivity index (χ0) is 28.5. The molecule has 40 heavy (non-hydrogen) atoms.